The lowest BCUT2D eigenvalue weighted by Gasteiger charge is -2.10. The zero-order chi connectivity index (χ0) is 21.8. The first-order chi connectivity index (χ1) is 15.1. The van der Waals surface area contributed by atoms with E-state index in [4.69, 9.17) is 9.47 Å². The number of carbonyl (C=O) groups excluding carboxylic acids is 1. The SMILES string of the molecule is COC(=O)c1cccc(F)c1-c1cnc(-c2ccc(F)cc2OCc2ccccc2)s1. The van der Waals surface area contributed by atoms with Crippen molar-refractivity contribution in [2.75, 3.05) is 7.11 Å². The van der Waals surface area contributed by atoms with Crippen molar-refractivity contribution < 1.29 is 23.0 Å². The molecule has 156 valence electrons. The van der Waals surface area contributed by atoms with Gasteiger partial charge in [-0.2, -0.15) is 0 Å². The minimum Gasteiger partial charge on any atom is -0.488 e. The molecule has 31 heavy (non-hydrogen) atoms. The quantitative estimate of drug-likeness (QED) is 0.341. The summed E-state index contributed by atoms with van der Waals surface area (Å²) < 4.78 is 39.1. The third kappa shape index (κ3) is 4.46. The van der Waals surface area contributed by atoms with Crippen LogP contribution in [0.2, 0.25) is 0 Å². The van der Waals surface area contributed by atoms with E-state index in [0.717, 1.165) is 5.56 Å². The molecule has 0 saturated carbocycles. The molecular formula is C24H17F2NO3S. The second-order valence-corrected chi connectivity index (χ2v) is 7.63. The van der Waals surface area contributed by atoms with Crippen LogP contribution in [0.25, 0.3) is 21.0 Å². The van der Waals surface area contributed by atoms with E-state index in [1.807, 2.05) is 30.3 Å². The predicted octanol–water partition coefficient (Wildman–Crippen LogP) is 6.12. The number of methoxy groups -OCH3 is 1. The molecule has 0 bridgehead atoms. The molecule has 0 aliphatic rings. The van der Waals surface area contributed by atoms with E-state index < -0.39 is 17.6 Å². The predicted molar refractivity (Wildman–Crippen MR) is 115 cm³/mol. The molecule has 4 rings (SSSR count). The Morgan fingerprint density at radius 3 is 2.61 bits per heavy atom. The smallest absolute Gasteiger partial charge is 0.338 e. The van der Waals surface area contributed by atoms with Gasteiger partial charge in [-0.1, -0.05) is 36.4 Å². The summed E-state index contributed by atoms with van der Waals surface area (Å²) in [6.45, 7) is 0.259. The largest absolute Gasteiger partial charge is 0.488 e. The van der Waals surface area contributed by atoms with E-state index in [9.17, 15) is 13.6 Å². The lowest BCUT2D eigenvalue weighted by Crippen LogP contribution is -2.04. The summed E-state index contributed by atoms with van der Waals surface area (Å²) in [4.78, 5) is 16.9. The molecule has 0 amide bonds. The van der Waals surface area contributed by atoms with Crippen LogP contribution in [0.5, 0.6) is 5.75 Å². The minimum absolute atomic E-state index is 0.109. The Bertz CT molecular complexity index is 1220. The third-order valence-electron chi connectivity index (χ3n) is 4.58. The van der Waals surface area contributed by atoms with Crippen LogP contribution >= 0.6 is 11.3 Å². The fourth-order valence-electron chi connectivity index (χ4n) is 3.10. The summed E-state index contributed by atoms with van der Waals surface area (Å²) in [6, 6.07) is 17.9. The summed E-state index contributed by atoms with van der Waals surface area (Å²) in [5.41, 5.74) is 1.74. The molecule has 1 heterocycles. The number of carbonyl (C=O) groups is 1. The summed E-state index contributed by atoms with van der Waals surface area (Å²) in [6.07, 6.45) is 1.48. The first-order valence-corrected chi connectivity index (χ1v) is 10.2. The fraction of sp³-hybridized carbons (Fsp3) is 0.0833. The highest BCUT2D eigenvalue weighted by atomic mass is 32.1. The number of nitrogens with zero attached hydrogens (tertiary/aromatic N) is 1. The lowest BCUT2D eigenvalue weighted by molar-refractivity contribution is 0.0601. The molecule has 0 atom stereocenters. The van der Waals surface area contributed by atoms with Crippen molar-refractivity contribution >= 4 is 17.3 Å². The number of halogens is 2. The monoisotopic (exact) mass is 437 g/mol. The molecule has 0 aliphatic heterocycles. The van der Waals surface area contributed by atoms with Gasteiger partial charge >= 0.3 is 5.97 Å². The number of esters is 1. The van der Waals surface area contributed by atoms with Crippen LogP contribution in [0.15, 0.2) is 72.9 Å². The van der Waals surface area contributed by atoms with Crippen molar-refractivity contribution in [2.24, 2.45) is 0 Å². The molecule has 1 aromatic heterocycles. The first-order valence-electron chi connectivity index (χ1n) is 9.36. The van der Waals surface area contributed by atoms with Gasteiger partial charge in [-0.15, -0.1) is 11.3 Å². The fourth-order valence-corrected chi connectivity index (χ4v) is 4.10. The number of thiazole rings is 1. The maximum atomic E-state index is 14.6. The summed E-state index contributed by atoms with van der Waals surface area (Å²) >= 11 is 1.18. The molecule has 0 aliphatic carbocycles. The normalized spacial score (nSPS) is 10.7. The summed E-state index contributed by atoms with van der Waals surface area (Å²) in [7, 11) is 1.24. The van der Waals surface area contributed by atoms with Crippen molar-refractivity contribution in [3.63, 3.8) is 0 Å². The van der Waals surface area contributed by atoms with Gasteiger partial charge in [-0.05, 0) is 29.8 Å². The molecule has 0 N–H and O–H groups in total. The summed E-state index contributed by atoms with van der Waals surface area (Å²) in [5.74, 6) is -1.31. The van der Waals surface area contributed by atoms with Gasteiger partial charge in [0.05, 0.1) is 23.1 Å². The van der Waals surface area contributed by atoms with E-state index in [1.165, 1.54) is 55.0 Å². The second-order valence-electron chi connectivity index (χ2n) is 6.60. The maximum absolute atomic E-state index is 14.6. The Labute approximate surface area is 181 Å². The first kappa shape index (κ1) is 20.7. The highest BCUT2D eigenvalue weighted by Crippen LogP contribution is 2.39. The van der Waals surface area contributed by atoms with E-state index in [1.54, 1.807) is 6.07 Å². The zero-order valence-corrected chi connectivity index (χ0v) is 17.3. The molecule has 3 aromatic carbocycles. The second kappa shape index (κ2) is 9.06. The maximum Gasteiger partial charge on any atom is 0.338 e. The minimum atomic E-state index is -0.641. The van der Waals surface area contributed by atoms with Gasteiger partial charge in [0.25, 0.3) is 0 Å². The average Bonchev–Trinajstić information content (AvgIpc) is 3.27. The zero-order valence-electron chi connectivity index (χ0n) is 16.5. The molecule has 7 heteroatoms. The van der Waals surface area contributed by atoms with Crippen molar-refractivity contribution in [2.45, 2.75) is 6.61 Å². The molecule has 0 saturated heterocycles. The molecule has 4 nitrogen and oxygen atoms in total. The Morgan fingerprint density at radius 1 is 1.03 bits per heavy atom. The van der Waals surface area contributed by atoms with Crippen molar-refractivity contribution in [3.05, 3.63) is 95.7 Å². The van der Waals surface area contributed by atoms with Gasteiger partial charge in [-0.25, -0.2) is 18.6 Å². The van der Waals surface area contributed by atoms with Gasteiger partial charge in [0.15, 0.2) is 0 Å². The van der Waals surface area contributed by atoms with Crippen LogP contribution in [-0.4, -0.2) is 18.1 Å². The van der Waals surface area contributed by atoms with Crippen molar-refractivity contribution in [1.29, 1.82) is 0 Å². The molecular weight excluding hydrogens is 420 g/mol. The number of hydrogen-bond acceptors (Lipinski definition) is 5. The Kier molecular flexibility index (Phi) is 6.04. The van der Waals surface area contributed by atoms with Crippen LogP contribution in [0, 0.1) is 11.6 Å². The molecule has 0 unspecified atom stereocenters. The lowest BCUT2D eigenvalue weighted by atomic mass is 10.1. The van der Waals surface area contributed by atoms with Gasteiger partial charge in [-0.3, -0.25) is 0 Å². The average molecular weight is 437 g/mol. The van der Waals surface area contributed by atoms with E-state index in [-0.39, 0.29) is 17.7 Å². The van der Waals surface area contributed by atoms with Crippen LogP contribution in [-0.2, 0) is 11.3 Å². The Morgan fingerprint density at radius 2 is 1.84 bits per heavy atom. The number of rotatable bonds is 6. The van der Waals surface area contributed by atoms with Crippen LogP contribution in [0.4, 0.5) is 8.78 Å². The van der Waals surface area contributed by atoms with Crippen LogP contribution in [0.1, 0.15) is 15.9 Å². The number of aromatic nitrogens is 1. The van der Waals surface area contributed by atoms with Crippen molar-refractivity contribution in [1.82, 2.24) is 4.98 Å². The van der Waals surface area contributed by atoms with Crippen LogP contribution in [0.3, 0.4) is 0 Å². The molecule has 0 fully saturated rings. The van der Waals surface area contributed by atoms with Gasteiger partial charge < -0.3 is 9.47 Å². The number of hydrogen-bond donors (Lipinski definition) is 0. The third-order valence-corrected chi connectivity index (χ3v) is 5.63. The van der Waals surface area contributed by atoms with E-state index in [2.05, 4.69) is 4.98 Å². The highest BCUT2D eigenvalue weighted by molar-refractivity contribution is 7.18. The summed E-state index contributed by atoms with van der Waals surface area (Å²) in [5, 5.41) is 0.511. The molecule has 0 spiro atoms. The van der Waals surface area contributed by atoms with Crippen LogP contribution < -0.4 is 4.74 Å². The molecule has 4 aromatic rings. The van der Waals surface area contributed by atoms with Gasteiger partial charge in [0, 0.05) is 17.8 Å². The van der Waals surface area contributed by atoms with Crippen molar-refractivity contribution in [3.8, 4) is 26.8 Å². The molecule has 0 radical (unpaired) electrons. The number of ether oxygens (including phenoxy) is 2. The van der Waals surface area contributed by atoms with E-state index in [0.29, 0.717) is 21.2 Å². The Balaban J connectivity index is 1.70. The topological polar surface area (TPSA) is 48.4 Å². The van der Waals surface area contributed by atoms with E-state index >= 15 is 0 Å². The Hall–Kier alpha value is -3.58. The number of benzene rings is 3. The van der Waals surface area contributed by atoms with Gasteiger partial charge in [0.2, 0.25) is 0 Å². The standard InChI is InChI=1S/C24H17F2NO3S/c1-29-24(28)18-8-5-9-19(26)22(18)21-13-27-23(31-21)17-11-10-16(25)12-20(17)30-14-15-6-3-2-4-7-15/h2-13H,14H2,1H3. The highest BCUT2D eigenvalue weighted by Gasteiger charge is 2.21. The van der Waals surface area contributed by atoms with Gasteiger partial charge in [0.1, 0.15) is 29.0 Å².